The Bertz CT molecular complexity index is 804. The number of carbonyl (C=O) groups is 1. The fraction of sp³-hybridized carbons (Fsp3) is 0.375. The van der Waals surface area contributed by atoms with Crippen molar-refractivity contribution in [2.75, 3.05) is 37.7 Å². The predicted molar refractivity (Wildman–Crippen MR) is 116 cm³/mol. The van der Waals surface area contributed by atoms with Crippen molar-refractivity contribution in [3.8, 4) is 5.75 Å². The highest BCUT2D eigenvalue weighted by Gasteiger charge is 2.21. The van der Waals surface area contributed by atoms with Gasteiger partial charge in [0.2, 0.25) is 5.91 Å². The summed E-state index contributed by atoms with van der Waals surface area (Å²) >= 11 is 0. The van der Waals surface area contributed by atoms with E-state index in [1.165, 1.54) is 5.56 Å². The quantitative estimate of drug-likeness (QED) is 0.690. The van der Waals surface area contributed by atoms with Gasteiger partial charge in [0.1, 0.15) is 5.75 Å². The lowest BCUT2D eigenvalue weighted by Gasteiger charge is -2.36. The van der Waals surface area contributed by atoms with Crippen LogP contribution >= 0.6 is 0 Å². The van der Waals surface area contributed by atoms with Crippen molar-refractivity contribution in [3.63, 3.8) is 0 Å². The fourth-order valence-corrected chi connectivity index (χ4v) is 3.43. The molecule has 0 N–H and O–H groups in total. The maximum atomic E-state index is 12.6. The molecule has 0 atom stereocenters. The average molecular weight is 379 g/mol. The van der Waals surface area contributed by atoms with Gasteiger partial charge in [0.25, 0.3) is 0 Å². The third-order valence-electron chi connectivity index (χ3n) is 5.12. The molecule has 0 unspecified atom stereocenters. The molecule has 0 radical (unpaired) electrons. The third-order valence-corrected chi connectivity index (χ3v) is 5.12. The summed E-state index contributed by atoms with van der Waals surface area (Å²) in [4.78, 5) is 16.8. The molecule has 0 aliphatic carbocycles. The van der Waals surface area contributed by atoms with Crippen LogP contribution in [0.1, 0.15) is 37.8 Å². The molecule has 1 fully saturated rings. The summed E-state index contributed by atoms with van der Waals surface area (Å²) in [6.07, 6.45) is 3.59. The van der Waals surface area contributed by atoms with Gasteiger partial charge < -0.3 is 14.5 Å². The van der Waals surface area contributed by atoms with Crippen molar-refractivity contribution in [3.05, 3.63) is 65.7 Å². The molecule has 148 valence electrons. The van der Waals surface area contributed by atoms with Gasteiger partial charge in [-0.2, -0.15) is 0 Å². The maximum Gasteiger partial charge on any atom is 0.246 e. The molecular formula is C24H30N2O2. The van der Waals surface area contributed by atoms with E-state index >= 15 is 0 Å². The van der Waals surface area contributed by atoms with Gasteiger partial charge in [-0.05, 0) is 42.2 Å². The average Bonchev–Trinajstić information content (AvgIpc) is 2.73. The van der Waals surface area contributed by atoms with E-state index in [-0.39, 0.29) is 5.91 Å². The number of para-hydroxylation sites is 2. The molecule has 1 heterocycles. The van der Waals surface area contributed by atoms with E-state index in [9.17, 15) is 4.79 Å². The van der Waals surface area contributed by atoms with Crippen molar-refractivity contribution in [1.29, 1.82) is 0 Å². The standard InChI is InChI=1S/C24H30N2O2/c1-4-28-23-8-6-5-7-22(23)25-15-17-26(18-16-25)24(27)14-11-20-9-12-21(13-10-20)19(2)3/h5-14,19H,4,15-18H2,1-3H3. The highest BCUT2D eigenvalue weighted by atomic mass is 16.5. The van der Waals surface area contributed by atoms with Crippen LogP contribution in [-0.4, -0.2) is 43.6 Å². The van der Waals surface area contributed by atoms with Crippen LogP contribution < -0.4 is 9.64 Å². The van der Waals surface area contributed by atoms with E-state index < -0.39 is 0 Å². The second kappa shape index (κ2) is 9.45. The first-order valence-electron chi connectivity index (χ1n) is 10.1. The zero-order valence-corrected chi connectivity index (χ0v) is 17.1. The SMILES string of the molecule is CCOc1ccccc1N1CCN(C(=O)C=Cc2ccc(C(C)C)cc2)CC1. The Labute approximate surface area is 168 Å². The molecule has 0 saturated carbocycles. The molecule has 0 spiro atoms. The number of benzene rings is 2. The number of hydrogen-bond acceptors (Lipinski definition) is 3. The molecule has 4 heteroatoms. The maximum absolute atomic E-state index is 12.6. The fourth-order valence-electron chi connectivity index (χ4n) is 3.43. The Balaban J connectivity index is 1.56. The van der Waals surface area contributed by atoms with Crippen LogP contribution in [0.3, 0.4) is 0 Å². The minimum Gasteiger partial charge on any atom is -0.492 e. The molecule has 4 nitrogen and oxygen atoms in total. The van der Waals surface area contributed by atoms with Gasteiger partial charge >= 0.3 is 0 Å². The van der Waals surface area contributed by atoms with Crippen molar-refractivity contribution in [2.45, 2.75) is 26.7 Å². The van der Waals surface area contributed by atoms with Crippen LogP contribution in [-0.2, 0) is 4.79 Å². The number of anilines is 1. The highest BCUT2D eigenvalue weighted by molar-refractivity contribution is 5.92. The Morgan fingerprint density at radius 2 is 1.71 bits per heavy atom. The normalized spacial score (nSPS) is 14.7. The summed E-state index contributed by atoms with van der Waals surface area (Å²) in [7, 11) is 0. The number of piperazine rings is 1. The number of nitrogens with zero attached hydrogens (tertiary/aromatic N) is 2. The van der Waals surface area contributed by atoms with Crippen LogP contribution in [0.15, 0.2) is 54.6 Å². The topological polar surface area (TPSA) is 32.8 Å². The molecule has 28 heavy (non-hydrogen) atoms. The molecule has 1 amide bonds. The summed E-state index contributed by atoms with van der Waals surface area (Å²) in [5.41, 5.74) is 3.48. The van der Waals surface area contributed by atoms with Gasteiger partial charge in [-0.1, -0.05) is 50.2 Å². The van der Waals surface area contributed by atoms with Gasteiger partial charge in [0, 0.05) is 32.3 Å². The van der Waals surface area contributed by atoms with Gasteiger partial charge in [-0.3, -0.25) is 4.79 Å². The van der Waals surface area contributed by atoms with Gasteiger partial charge in [0.05, 0.1) is 12.3 Å². The molecule has 1 saturated heterocycles. The van der Waals surface area contributed by atoms with Crippen LogP contribution in [0.5, 0.6) is 5.75 Å². The third kappa shape index (κ3) is 4.94. The van der Waals surface area contributed by atoms with Crippen molar-refractivity contribution in [2.24, 2.45) is 0 Å². The Hall–Kier alpha value is -2.75. The van der Waals surface area contributed by atoms with Crippen molar-refractivity contribution >= 4 is 17.7 Å². The molecular weight excluding hydrogens is 348 g/mol. The molecule has 1 aliphatic rings. The number of amides is 1. The van der Waals surface area contributed by atoms with Crippen LogP contribution in [0.25, 0.3) is 6.08 Å². The van der Waals surface area contributed by atoms with Crippen LogP contribution in [0.4, 0.5) is 5.69 Å². The van der Waals surface area contributed by atoms with E-state index in [0.29, 0.717) is 12.5 Å². The minimum atomic E-state index is 0.0747. The lowest BCUT2D eigenvalue weighted by molar-refractivity contribution is -0.126. The van der Waals surface area contributed by atoms with E-state index in [2.05, 4.69) is 49.1 Å². The summed E-state index contributed by atoms with van der Waals surface area (Å²) in [6.45, 7) is 10.1. The molecule has 3 rings (SSSR count). The van der Waals surface area contributed by atoms with Crippen molar-refractivity contribution in [1.82, 2.24) is 4.90 Å². The van der Waals surface area contributed by atoms with Crippen molar-refractivity contribution < 1.29 is 9.53 Å². The summed E-state index contributed by atoms with van der Waals surface area (Å²) in [5, 5.41) is 0. The second-order valence-electron chi connectivity index (χ2n) is 7.37. The largest absolute Gasteiger partial charge is 0.492 e. The van der Waals surface area contributed by atoms with Crippen LogP contribution in [0, 0.1) is 0 Å². The number of rotatable bonds is 6. The predicted octanol–water partition coefficient (Wildman–Crippen LogP) is 4.57. The monoisotopic (exact) mass is 378 g/mol. The zero-order chi connectivity index (χ0) is 19.9. The van der Waals surface area contributed by atoms with Gasteiger partial charge in [0.15, 0.2) is 0 Å². The van der Waals surface area contributed by atoms with E-state index in [0.717, 1.165) is 43.2 Å². The molecule has 2 aromatic carbocycles. The first-order valence-corrected chi connectivity index (χ1v) is 10.1. The number of carbonyl (C=O) groups excluding carboxylic acids is 1. The summed E-state index contributed by atoms with van der Waals surface area (Å²) < 4.78 is 5.74. The highest BCUT2D eigenvalue weighted by Crippen LogP contribution is 2.28. The first-order chi connectivity index (χ1) is 13.6. The first kappa shape index (κ1) is 20.0. The molecule has 1 aliphatic heterocycles. The smallest absolute Gasteiger partial charge is 0.246 e. The second-order valence-corrected chi connectivity index (χ2v) is 7.37. The Kier molecular flexibility index (Phi) is 6.75. The summed E-state index contributed by atoms with van der Waals surface area (Å²) in [5.74, 6) is 1.50. The molecule has 0 bridgehead atoms. The Morgan fingerprint density at radius 1 is 1.04 bits per heavy atom. The lowest BCUT2D eigenvalue weighted by Crippen LogP contribution is -2.48. The molecule has 2 aromatic rings. The van der Waals surface area contributed by atoms with Gasteiger partial charge in [-0.25, -0.2) is 0 Å². The van der Waals surface area contributed by atoms with Gasteiger partial charge in [-0.15, -0.1) is 0 Å². The van der Waals surface area contributed by atoms with E-state index in [1.807, 2.05) is 36.1 Å². The Morgan fingerprint density at radius 3 is 2.36 bits per heavy atom. The van der Waals surface area contributed by atoms with Crippen LogP contribution in [0.2, 0.25) is 0 Å². The number of ether oxygens (including phenoxy) is 1. The number of hydrogen-bond donors (Lipinski definition) is 0. The van der Waals surface area contributed by atoms with E-state index in [1.54, 1.807) is 6.08 Å². The lowest BCUT2D eigenvalue weighted by atomic mass is 10.0. The zero-order valence-electron chi connectivity index (χ0n) is 17.1. The minimum absolute atomic E-state index is 0.0747. The van der Waals surface area contributed by atoms with E-state index in [4.69, 9.17) is 4.74 Å². The molecule has 0 aromatic heterocycles. The summed E-state index contributed by atoms with van der Waals surface area (Å²) in [6, 6.07) is 16.5.